The van der Waals surface area contributed by atoms with E-state index in [9.17, 15) is 13.2 Å². The summed E-state index contributed by atoms with van der Waals surface area (Å²) in [6, 6.07) is 22.0. The molecule has 3 aromatic carbocycles. The average molecular weight is 453 g/mol. The Kier molecular flexibility index (Phi) is 7.53. The first kappa shape index (κ1) is 23.3. The van der Waals surface area contributed by atoms with Gasteiger partial charge in [0.1, 0.15) is 5.75 Å². The zero-order valence-electron chi connectivity index (χ0n) is 18.4. The van der Waals surface area contributed by atoms with E-state index in [1.165, 1.54) is 12.1 Å². The summed E-state index contributed by atoms with van der Waals surface area (Å²) in [5, 5.41) is 3.09. The second-order valence-electron chi connectivity index (χ2n) is 7.92. The molecule has 0 spiro atoms. The fraction of sp³-hybridized carbons (Fsp3) is 0.240. The highest BCUT2D eigenvalue weighted by Crippen LogP contribution is 2.24. The Morgan fingerprint density at radius 1 is 0.906 bits per heavy atom. The molecule has 7 heteroatoms. The number of amides is 1. The lowest BCUT2D eigenvalue weighted by atomic mass is 9.96. The highest BCUT2D eigenvalue weighted by Gasteiger charge is 2.18. The van der Waals surface area contributed by atoms with Crippen molar-refractivity contribution in [2.24, 2.45) is 5.92 Å². The van der Waals surface area contributed by atoms with Crippen molar-refractivity contribution in [1.82, 2.24) is 5.32 Å². The van der Waals surface area contributed by atoms with E-state index >= 15 is 0 Å². The lowest BCUT2D eigenvalue weighted by molar-refractivity contribution is 0.0932. The smallest absolute Gasteiger partial charge is 0.261 e. The normalized spacial score (nSPS) is 12.2. The van der Waals surface area contributed by atoms with E-state index < -0.39 is 10.0 Å². The summed E-state index contributed by atoms with van der Waals surface area (Å²) in [6.07, 6.45) is 0.785. The highest BCUT2D eigenvalue weighted by molar-refractivity contribution is 7.92. The van der Waals surface area contributed by atoms with Crippen LogP contribution in [-0.2, 0) is 10.0 Å². The summed E-state index contributed by atoms with van der Waals surface area (Å²) in [4.78, 5) is 13.1. The van der Waals surface area contributed by atoms with Crippen LogP contribution in [0, 0.1) is 5.92 Å². The lowest BCUT2D eigenvalue weighted by Gasteiger charge is -2.21. The highest BCUT2D eigenvalue weighted by atomic mass is 32.2. The molecule has 3 rings (SSSR count). The second-order valence-corrected chi connectivity index (χ2v) is 9.61. The van der Waals surface area contributed by atoms with Crippen LogP contribution < -0.4 is 14.8 Å². The number of anilines is 1. The molecule has 0 saturated heterocycles. The molecule has 0 aliphatic rings. The van der Waals surface area contributed by atoms with Gasteiger partial charge >= 0.3 is 0 Å². The zero-order chi connectivity index (χ0) is 23.1. The van der Waals surface area contributed by atoms with Crippen molar-refractivity contribution in [3.63, 3.8) is 0 Å². The van der Waals surface area contributed by atoms with Gasteiger partial charge in [0.2, 0.25) is 0 Å². The van der Waals surface area contributed by atoms with Gasteiger partial charge in [-0.1, -0.05) is 44.2 Å². The molecule has 1 amide bonds. The monoisotopic (exact) mass is 452 g/mol. The molecule has 1 atom stereocenters. The van der Waals surface area contributed by atoms with Crippen LogP contribution in [0.4, 0.5) is 5.69 Å². The van der Waals surface area contributed by atoms with Gasteiger partial charge in [0, 0.05) is 11.3 Å². The van der Waals surface area contributed by atoms with Crippen molar-refractivity contribution >= 4 is 21.6 Å². The van der Waals surface area contributed by atoms with Crippen LogP contribution in [0.5, 0.6) is 5.75 Å². The van der Waals surface area contributed by atoms with E-state index in [2.05, 4.69) is 23.9 Å². The molecule has 32 heavy (non-hydrogen) atoms. The number of hydrogen-bond donors (Lipinski definition) is 2. The van der Waals surface area contributed by atoms with E-state index in [1.807, 2.05) is 24.3 Å². The summed E-state index contributed by atoms with van der Waals surface area (Å²) in [7, 11) is -2.06. The standard InChI is InChI=1S/C25H28N2O4S/c1-18(2)17-24(19-11-15-22(31-3)16-12-19)26-25(28)20-9-13-21(14-10-20)27-32(29,30)23-7-5-4-6-8-23/h4-16,18,24,27H,17H2,1-3H3,(H,26,28). The van der Waals surface area contributed by atoms with Gasteiger partial charge in [0.15, 0.2) is 0 Å². The molecule has 0 fully saturated rings. The van der Waals surface area contributed by atoms with E-state index in [-0.39, 0.29) is 16.8 Å². The van der Waals surface area contributed by atoms with Crippen LogP contribution in [0.3, 0.4) is 0 Å². The third-order valence-electron chi connectivity index (χ3n) is 4.98. The molecule has 6 nitrogen and oxygen atoms in total. The van der Waals surface area contributed by atoms with Crippen LogP contribution in [-0.4, -0.2) is 21.4 Å². The number of hydrogen-bond acceptors (Lipinski definition) is 4. The Morgan fingerprint density at radius 3 is 2.09 bits per heavy atom. The van der Waals surface area contributed by atoms with Gasteiger partial charge in [-0.05, 0) is 66.4 Å². The maximum atomic E-state index is 12.9. The molecule has 1 unspecified atom stereocenters. The first-order valence-corrected chi connectivity index (χ1v) is 11.9. The van der Waals surface area contributed by atoms with E-state index in [4.69, 9.17) is 4.74 Å². The number of benzene rings is 3. The number of carbonyl (C=O) groups is 1. The molecule has 168 valence electrons. The SMILES string of the molecule is COc1ccc(C(CC(C)C)NC(=O)c2ccc(NS(=O)(=O)c3ccccc3)cc2)cc1. The number of ether oxygens (including phenoxy) is 1. The number of rotatable bonds is 9. The summed E-state index contributed by atoms with van der Waals surface area (Å²) in [5.74, 6) is 0.929. The Labute approximate surface area is 189 Å². The van der Waals surface area contributed by atoms with E-state index in [0.29, 0.717) is 17.2 Å². The van der Waals surface area contributed by atoms with Gasteiger partial charge in [-0.3, -0.25) is 9.52 Å². The third-order valence-corrected chi connectivity index (χ3v) is 6.38. The molecule has 0 aromatic heterocycles. The molecule has 0 radical (unpaired) electrons. The molecule has 0 saturated carbocycles. The fourth-order valence-corrected chi connectivity index (χ4v) is 4.41. The fourth-order valence-electron chi connectivity index (χ4n) is 3.33. The Balaban J connectivity index is 1.72. The van der Waals surface area contributed by atoms with Gasteiger partial charge in [0.25, 0.3) is 15.9 Å². The molecule has 2 N–H and O–H groups in total. The number of methoxy groups -OCH3 is 1. The predicted molar refractivity (Wildman–Crippen MR) is 126 cm³/mol. The minimum absolute atomic E-state index is 0.148. The van der Waals surface area contributed by atoms with Crippen molar-refractivity contribution in [1.29, 1.82) is 0 Å². The van der Waals surface area contributed by atoms with Crippen molar-refractivity contribution in [3.05, 3.63) is 90.0 Å². The minimum Gasteiger partial charge on any atom is -0.497 e. The largest absolute Gasteiger partial charge is 0.497 e. The molecular formula is C25H28N2O4S. The van der Waals surface area contributed by atoms with Gasteiger partial charge < -0.3 is 10.1 Å². The Hall–Kier alpha value is -3.32. The van der Waals surface area contributed by atoms with Gasteiger partial charge in [0.05, 0.1) is 18.0 Å². The molecule has 0 aliphatic heterocycles. The Morgan fingerprint density at radius 2 is 1.53 bits per heavy atom. The zero-order valence-corrected chi connectivity index (χ0v) is 19.2. The molecule has 3 aromatic rings. The second kappa shape index (κ2) is 10.3. The van der Waals surface area contributed by atoms with Crippen LogP contribution in [0.1, 0.15) is 42.2 Å². The summed E-state index contributed by atoms with van der Waals surface area (Å²) in [6.45, 7) is 4.21. The van der Waals surface area contributed by atoms with E-state index in [1.54, 1.807) is 49.6 Å². The molecule has 0 aliphatic carbocycles. The summed E-state index contributed by atoms with van der Waals surface area (Å²) >= 11 is 0. The third kappa shape index (κ3) is 6.11. The molecule has 0 bridgehead atoms. The van der Waals surface area contributed by atoms with Gasteiger partial charge in [-0.15, -0.1) is 0 Å². The van der Waals surface area contributed by atoms with Gasteiger partial charge in [-0.2, -0.15) is 0 Å². The minimum atomic E-state index is -3.68. The number of carbonyl (C=O) groups excluding carboxylic acids is 1. The maximum absolute atomic E-state index is 12.9. The van der Waals surface area contributed by atoms with Crippen LogP contribution in [0.2, 0.25) is 0 Å². The van der Waals surface area contributed by atoms with Crippen LogP contribution in [0.15, 0.2) is 83.8 Å². The van der Waals surface area contributed by atoms with Crippen LogP contribution in [0.25, 0.3) is 0 Å². The Bertz CT molecular complexity index is 1130. The van der Waals surface area contributed by atoms with Gasteiger partial charge in [-0.25, -0.2) is 8.42 Å². The van der Waals surface area contributed by atoms with Crippen molar-refractivity contribution in [3.8, 4) is 5.75 Å². The van der Waals surface area contributed by atoms with Crippen molar-refractivity contribution in [2.45, 2.75) is 31.2 Å². The van der Waals surface area contributed by atoms with Crippen molar-refractivity contribution < 1.29 is 17.9 Å². The number of sulfonamides is 1. The first-order chi connectivity index (χ1) is 15.3. The lowest BCUT2D eigenvalue weighted by Crippen LogP contribution is -2.29. The molecule has 0 heterocycles. The van der Waals surface area contributed by atoms with Crippen molar-refractivity contribution in [2.75, 3.05) is 11.8 Å². The predicted octanol–water partition coefficient (Wildman–Crippen LogP) is 5.01. The quantitative estimate of drug-likeness (QED) is 0.478. The first-order valence-electron chi connectivity index (χ1n) is 10.4. The number of nitrogens with one attached hydrogen (secondary N) is 2. The van der Waals surface area contributed by atoms with Crippen LogP contribution >= 0.6 is 0 Å². The summed E-state index contributed by atoms with van der Waals surface area (Å²) < 4.78 is 32.7. The summed E-state index contributed by atoms with van der Waals surface area (Å²) in [5.41, 5.74) is 1.84. The van der Waals surface area contributed by atoms with E-state index in [0.717, 1.165) is 17.7 Å². The maximum Gasteiger partial charge on any atom is 0.261 e. The topological polar surface area (TPSA) is 84.5 Å². The average Bonchev–Trinajstić information content (AvgIpc) is 2.79. The molecular weight excluding hydrogens is 424 g/mol.